The van der Waals surface area contributed by atoms with E-state index in [1.165, 1.54) is 6.08 Å². The number of esters is 2. The first-order valence-electron chi connectivity index (χ1n) is 5.86. The number of ether oxygens (including phenoxy) is 2. The van der Waals surface area contributed by atoms with Gasteiger partial charge in [0.1, 0.15) is 19.3 Å². The molecule has 0 bridgehead atoms. The Morgan fingerprint density at radius 2 is 1.95 bits per heavy atom. The van der Waals surface area contributed by atoms with Gasteiger partial charge in [0.15, 0.2) is 0 Å². The molecular formula is C14H17NO4. The maximum atomic E-state index is 11.5. The largest absolute Gasteiger partial charge is 0.461 e. The van der Waals surface area contributed by atoms with E-state index in [2.05, 4.69) is 6.58 Å². The number of nitrogens with two attached hydrogens (primary N) is 1. The number of benzene rings is 1. The minimum atomic E-state index is -1.01. The van der Waals surface area contributed by atoms with E-state index < -0.39 is 18.0 Å². The highest BCUT2D eigenvalue weighted by Gasteiger charge is 2.19. The highest BCUT2D eigenvalue weighted by Crippen LogP contribution is 2.03. The lowest BCUT2D eigenvalue weighted by molar-refractivity contribution is -0.151. The molecule has 1 unspecified atom stereocenters. The smallest absolute Gasteiger partial charge is 0.323 e. The van der Waals surface area contributed by atoms with Crippen molar-refractivity contribution in [1.82, 2.24) is 0 Å². The number of carbonyl (C=O) groups excluding carboxylic acids is 2. The standard InChI is InChI=1S/C14H17NO4/c1-2-8-18-14(17)12(15)9-13(16)19-10-11-6-4-3-5-7-11/h2-7,12H,1,8-10,15H2. The molecule has 0 aromatic heterocycles. The second kappa shape index (κ2) is 8.05. The van der Waals surface area contributed by atoms with Crippen LogP contribution in [0.4, 0.5) is 0 Å². The molecule has 102 valence electrons. The Morgan fingerprint density at radius 3 is 2.58 bits per heavy atom. The Labute approximate surface area is 112 Å². The molecule has 0 radical (unpaired) electrons. The number of carbonyl (C=O) groups is 2. The van der Waals surface area contributed by atoms with Gasteiger partial charge in [-0.2, -0.15) is 0 Å². The van der Waals surface area contributed by atoms with Crippen LogP contribution in [0.15, 0.2) is 43.0 Å². The highest BCUT2D eigenvalue weighted by atomic mass is 16.5. The minimum Gasteiger partial charge on any atom is -0.461 e. The van der Waals surface area contributed by atoms with Crippen molar-refractivity contribution >= 4 is 11.9 Å². The van der Waals surface area contributed by atoms with Crippen molar-refractivity contribution in [2.45, 2.75) is 19.1 Å². The fourth-order valence-corrected chi connectivity index (χ4v) is 1.31. The van der Waals surface area contributed by atoms with Crippen LogP contribution < -0.4 is 5.73 Å². The summed E-state index contributed by atoms with van der Waals surface area (Å²) in [5, 5.41) is 0. The van der Waals surface area contributed by atoms with Crippen molar-refractivity contribution in [3.05, 3.63) is 48.6 Å². The van der Waals surface area contributed by atoms with E-state index >= 15 is 0 Å². The summed E-state index contributed by atoms with van der Waals surface area (Å²) < 4.78 is 9.73. The van der Waals surface area contributed by atoms with Gasteiger partial charge in [0.05, 0.1) is 6.42 Å². The van der Waals surface area contributed by atoms with E-state index in [4.69, 9.17) is 15.2 Å². The average Bonchev–Trinajstić information content (AvgIpc) is 2.43. The topological polar surface area (TPSA) is 78.6 Å². The van der Waals surface area contributed by atoms with Gasteiger partial charge in [0, 0.05) is 0 Å². The van der Waals surface area contributed by atoms with E-state index in [0.29, 0.717) is 0 Å². The summed E-state index contributed by atoms with van der Waals surface area (Å²) in [4.78, 5) is 22.8. The number of hydrogen-bond acceptors (Lipinski definition) is 5. The van der Waals surface area contributed by atoms with Gasteiger partial charge in [0.25, 0.3) is 0 Å². The van der Waals surface area contributed by atoms with Crippen LogP contribution in [0.25, 0.3) is 0 Å². The van der Waals surface area contributed by atoms with Crippen molar-refractivity contribution in [2.75, 3.05) is 6.61 Å². The number of rotatable bonds is 7. The molecule has 2 N–H and O–H groups in total. The third-order valence-corrected chi connectivity index (χ3v) is 2.28. The Balaban J connectivity index is 2.30. The first-order chi connectivity index (χ1) is 9.13. The summed E-state index contributed by atoms with van der Waals surface area (Å²) in [6, 6.07) is 8.24. The molecule has 0 spiro atoms. The maximum Gasteiger partial charge on any atom is 0.323 e. The Morgan fingerprint density at radius 1 is 1.26 bits per heavy atom. The molecule has 0 aliphatic carbocycles. The molecular weight excluding hydrogens is 246 g/mol. The minimum absolute atomic E-state index is 0.0750. The summed E-state index contributed by atoms with van der Waals surface area (Å²) in [5.74, 6) is -1.18. The van der Waals surface area contributed by atoms with Gasteiger partial charge in [-0.3, -0.25) is 9.59 Å². The van der Waals surface area contributed by atoms with Crippen LogP contribution in [0, 0.1) is 0 Å². The first-order valence-corrected chi connectivity index (χ1v) is 5.86. The normalized spacial score (nSPS) is 11.4. The molecule has 19 heavy (non-hydrogen) atoms. The molecule has 1 aromatic rings. The lowest BCUT2D eigenvalue weighted by Crippen LogP contribution is -2.35. The SMILES string of the molecule is C=CCOC(=O)C(N)CC(=O)OCc1ccccc1. The van der Waals surface area contributed by atoms with Crippen molar-refractivity contribution in [3.8, 4) is 0 Å². The first kappa shape index (κ1) is 14.9. The second-order valence-electron chi connectivity index (χ2n) is 3.88. The van der Waals surface area contributed by atoms with E-state index in [1.54, 1.807) is 0 Å². The van der Waals surface area contributed by atoms with Crippen molar-refractivity contribution < 1.29 is 19.1 Å². The fraction of sp³-hybridized carbons (Fsp3) is 0.286. The van der Waals surface area contributed by atoms with Crippen molar-refractivity contribution in [2.24, 2.45) is 5.73 Å². The lowest BCUT2D eigenvalue weighted by Gasteiger charge is -2.10. The predicted octanol–water partition coefficient (Wildman–Crippen LogP) is 1.18. The molecule has 1 atom stereocenters. The van der Waals surface area contributed by atoms with Gasteiger partial charge in [-0.25, -0.2) is 0 Å². The van der Waals surface area contributed by atoms with Gasteiger partial charge >= 0.3 is 11.9 Å². The molecule has 0 amide bonds. The summed E-state index contributed by atoms with van der Waals surface area (Å²) in [6.45, 7) is 3.64. The van der Waals surface area contributed by atoms with Crippen LogP contribution >= 0.6 is 0 Å². The van der Waals surface area contributed by atoms with Gasteiger partial charge < -0.3 is 15.2 Å². The zero-order chi connectivity index (χ0) is 14.1. The summed E-state index contributed by atoms with van der Waals surface area (Å²) in [6.07, 6.45) is 1.22. The Bertz CT molecular complexity index is 430. The Kier molecular flexibility index (Phi) is 6.32. The zero-order valence-electron chi connectivity index (χ0n) is 10.6. The van der Waals surface area contributed by atoms with Crippen LogP contribution in [-0.4, -0.2) is 24.6 Å². The van der Waals surface area contributed by atoms with Crippen LogP contribution in [0.3, 0.4) is 0 Å². The third-order valence-electron chi connectivity index (χ3n) is 2.28. The van der Waals surface area contributed by atoms with E-state index in [-0.39, 0.29) is 19.6 Å². The molecule has 1 rings (SSSR count). The monoisotopic (exact) mass is 263 g/mol. The van der Waals surface area contributed by atoms with Gasteiger partial charge in [-0.15, -0.1) is 0 Å². The molecule has 5 nitrogen and oxygen atoms in total. The van der Waals surface area contributed by atoms with Crippen LogP contribution in [0.5, 0.6) is 0 Å². The summed E-state index contributed by atoms with van der Waals surface area (Å²) in [5.41, 5.74) is 6.39. The highest BCUT2D eigenvalue weighted by molar-refractivity contribution is 5.82. The Hall–Kier alpha value is -2.14. The summed E-state index contributed by atoms with van der Waals surface area (Å²) in [7, 11) is 0. The molecule has 0 heterocycles. The van der Waals surface area contributed by atoms with Gasteiger partial charge in [-0.05, 0) is 5.56 Å². The van der Waals surface area contributed by atoms with E-state index in [9.17, 15) is 9.59 Å². The van der Waals surface area contributed by atoms with Crippen LogP contribution in [0.1, 0.15) is 12.0 Å². The van der Waals surface area contributed by atoms with Crippen molar-refractivity contribution in [1.29, 1.82) is 0 Å². The second-order valence-corrected chi connectivity index (χ2v) is 3.88. The maximum absolute atomic E-state index is 11.5. The molecule has 0 aliphatic heterocycles. The zero-order valence-corrected chi connectivity index (χ0v) is 10.6. The van der Waals surface area contributed by atoms with Gasteiger partial charge in [0.2, 0.25) is 0 Å². The number of hydrogen-bond donors (Lipinski definition) is 1. The molecule has 0 fully saturated rings. The lowest BCUT2D eigenvalue weighted by atomic mass is 10.2. The van der Waals surface area contributed by atoms with E-state index in [0.717, 1.165) is 5.56 Å². The van der Waals surface area contributed by atoms with Crippen LogP contribution in [-0.2, 0) is 25.7 Å². The van der Waals surface area contributed by atoms with E-state index in [1.807, 2.05) is 30.3 Å². The average molecular weight is 263 g/mol. The predicted molar refractivity (Wildman–Crippen MR) is 70.0 cm³/mol. The fourth-order valence-electron chi connectivity index (χ4n) is 1.31. The van der Waals surface area contributed by atoms with Crippen molar-refractivity contribution in [3.63, 3.8) is 0 Å². The molecule has 0 aliphatic rings. The molecule has 1 aromatic carbocycles. The third kappa shape index (κ3) is 5.83. The quantitative estimate of drug-likeness (QED) is 0.590. The van der Waals surface area contributed by atoms with Crippen LogP contribution in [0.2, 0.25) is 0 Å². The van der Waals surface area contributed by atoms with Gasteiger partial charge in [-0.1, -0.05) is 43.0 Å². The molecule has 0 saturated heterocycles. The molecule has 5 heteroatoms. The summed E-state index contributed by atoms with van der Waals surface area (Å²) >= 11 is 0. The molecule has 0 saturated carbocycles.